The molecule has 1 atom stereocenters. The number of thiazole rings is 1. The molecule has 0 aliphatic carbocycles. The lowest BCUT2D eigenvalue weighted by Crippen LogP contribution is -2.43. The summed E-state index contributed by atoms with van der Waals surface area (Å²) in [5.74, 6) is 0.0209. The van der Waals surface area contributed by atoms with E-state index < -0.39 is 27.3 Å². The van der Waals surface area contributed by atoms with Gasteiger partial charge in [-0.2, -0.15) is 12.7 Å². The molecule has 0 bridgehead atoms. The fraction of sp³-hybridized carbons (Fsp3) is 0.393. The number of hydrogen-bond acceptors (Lipinski definition) is 9. The van der Waals surface area contributed by atoms with Crippen LogP contribution in [0.5, 0.6) is 11.5 Å². The molecule has 3 aromatic rings. The topological polar surface area (TPSA) is 141 Å². The van der Waals surface area contributed by atoms with Crippen molar-refractivity contribution in [2.24, 2.45) is 0 Å². The van der Waals surface area contributed by atoms with Crippen LogP contribution in [-0.4, -0.2) is 85.3 Å². The number of nitrogens with one attached hydrogen (secondary N) is 1. The Morgan fingerprint density at radius 3 is 2.33 bits per heavy atom. The van der Waals surface area contributed by atoms with Crippen LogP contribution >= 0.6 is 11.3 Å². The van der Waals surface area contributed by atoms with E-state index in [4.69, 9.17) is 9.47 Å². The molecular weight excluding hydrogens is 601 g/mol. The highest BCUT2D eigenvalue weighted by molar-refractivity contribution is 7.90. The molecule has 2 aromatic carbocycles. The molecule has 11 nitrogen and oxygen atoms in total. The molecule has 0 aliphatic heterocycles. The monoisotopic (exact) mass is 636 g/mol. The van der Waals surface area contributed by atoms with Crippen molar-refractivity contribution in [2.45, 2.75) is 26.3 Å². The largest absolute Gasteiger partial charge is 0.617 e. The Labute approximate surface area is 254 Å². The van der Waals surface area contributed by atoms with Gasteiger partial charge in [0.05, 0.1) is 33.6 Å². The minimum absolute atomic E-state index is 0.0112. The van der Waals surface area contributed by atoms with Crippen LogP contribution in [0, 0.1) is 6.92 Å². The van der Waals surface area contributed by atoms with Crippen molar-refractivity contribution in [3.63, 3.8) is 0 Å². The summed E-state index contributed by atoms with van der Waals surface area (Å²) in [6, 6.07) is 13.3. The Balaban J connectivity index is 1.79. The van der Waals surface area contributed by atoms with E-state index in [0.717, 1.165) is 33.2 Å². The number of nitrogens with zero attached hydrogens (tertiary/aromatic N) is 3. The standard InChI is InChI=1S/C28H36N4O7S3/c1-20-24(38-3)16-22(17-25(20)39-4)28(34)32(13-9-12-21-10-7-6-8-11-21)18-26-29-23(19-40-26)27(33)30-42(36,37)31(2)14-15-41(5)35/h6-8,10-11,16-17,19H,9,12-15,18H2,1-5H3,(H,30,33). The second kappa shape index (κ2) is 15.3. The first-order valence-corrected chi connectivity index (χ1v) is 17.1. The molecule has 1 N–H and O–H groups in total. The van der Waals surface area contributed by atoms with E-state index in [1.165, 1.54) is 32.9 Å². The number of amides is 2. The first kappa shape index (κ1) is 33.3. The Hall–Kier alpha value is -3.17. The zero-order valence-electron chi connectivity index (χ0n) is 24.3. The number of hydrogen-bond donors (Lipinski definition) is 1. The lowest BCUT2D eigenvalue weighted by molar-refractivity contribution is 0.0740. The molecule has 2 amide bonds. The summed E-state index contributed by atoms with van der Waals surface area (Å²) in [5.41, 5.74) is 2.21. The van der Waals surface area contributed by atoms with Crippen molar-refractivity contribution in [2.75, 3.05) is 46.4 Å². The van der Waals surface area contributed by atoms with Gasteiger partial charge in [-0.15, -0.1) is 11.3 Å². The van der Waals surface area contributed by atoms with Crippen molar-refractivity contribution < 1.29 is 32.0 Å². The Morgan fingerprint density at radius 2 is 1.74 bits per heavy atom. The predicted octanol–water partition coefficient (Wildman–Crippen LogP) is 3.03. The maximum absolute atomic E-state index is 13.8. The van der Waals surface area contributed by atoms with Crippen LogP contribution in [0.25, 0.3) is 0 Å². The molecule has 0 fully saturated rings. The molecule has 0 saturated carbocycles. The van der Waals surface area contributed by atoms with Gasteiger partial charge in [-0.3, -0.25) is 9.59 Å². The summed E-state index contributed by atoms with van der Waals surface area (Å²) in [6.07, 6.45) is 2.91. The van der Waals surface area contributed by atoms with E-state index in [1.807, 2.05) is 42.0 Å². The summed E-state index contributed by atoms with van der Waals surface area (Å²) >= 11 is -0.0336. The number of methoxy groups -OCH3 is 2. The van der Waals surface area contributed by atoms with Crippen LogP contribution in [0.1, 0.15) is 43.4 Å². The third kappa shape index (κ3) is 9.16. The fourth-order valence-electron chi connectivity index (χ4n) is 4.04. The summed E-state index contributed by atoms with van der Waals surface area (Å²) < 4.78 is 50.2. The van der Waals surface area contributed by atoms with Crippen LogP contribution in [0.4, 0.5) is 0 Å². The van der Waals surface area contributed by atoms with Gasteiger partial charge in [0.15, 0.2) is 0 Å². The number of aryl methyl sites for hydroxylation is 1. The molecule has 1 unspecified atom stereocenters. The zero-order chi connectivity index (χ0) is 30.9. The number of aromatic nitrogens is 1. The molecule has 0 aliphatic rings. The van der Waals surface area contributed by atoms with Gasteiger partial charge in [0.2, 0.25) is 0 Å². The molecule has 3 rings (SSSR count). The molecule has 1 aromatic heterocycles. The SMILES string of the molecule is COc1cc(C(=O)N(CCCc2ccccc2)Cc2nc(C(=O)NS(=O)(=O)N(C)CC[S+](C)[O-])cs2)cc(OC)c1C. The second-order valence-corrected chi connectivity index (χ2v) is 13.8. The van der Waals surface area contributed by atoms with Crippen molar-refractivity contribution in [1.82, 2.24) is 18.9 Å². The highest BCUT2D eigenvalue weighted by Crippen LogP contribution is 2.30. The average Bonchev–Trinajstić information content (AvgIpc) is 3.44. The number of ether oxygens (including phenoxy) is 2. The highest BCUT2D eigenvalue weighted by atomic mass is 32.2. The van der Waals surface area contributed by atoms with Crippen molar-refractivity contribution in [1.29, 1.82) is 0 Å². The van der Waals surface area contributed by atoms with Gasteiger partial charge in [-0.05, 0) is 37.5 Å². The van der Waals surface area contributed by atoms with Gasteiger partial charge >= 0.3 is 10.2 Å². The Bertz CT molecular complexity index is 1440. The van der Waals surface area contributed by atoms with Crippen molar-refractivity contribution in [3.8, 4) is 11.5 Å². The first-order valence-electron chi connectivity index (χ1n) is 13.0. The highest BCUT2D eigenvalue weighted by Gasteiger charge is 2.25. The molecular formula is C28H36N4O7S3. The van der Waals surface area contributed by atoms with Crippen LogP contribution in [0.15, 0.2) is 47.8 Å². The fourth-order valence-corrected chi connectivity index (χ4v) is 6.30. The number of carbonyl (C=O) groups excluding carboxylic acids is 2. The quantitative estimate of drug-likeness (QED) is 0.251. The maximum Gasteiger partial charge on any atom is 0.304 e. The van der Waals surface area contributed by atoms with Gasteiger partial charge in [0.25, 0.3) is 11.8 Å². The number of benzene rings is 2. The Morgan fingerprint density at radius 1 is 1.10 bits per heavy atom. The molecule has 14 heteroatoms. The van der Waals surface area contributed by atoms with E-state index in [2.05, 4.69) is 4.98 Å². The zero-order valence-corrected chi connectivity index (χ0v) is 26.7. The smallest absolute Gasteiger partial charge is 0.304 e. The summed E-state index contributed by atoms with van der Waals surface area (Å²) in [7, 11) is 0.201. The third-order valence-electron chi connectivity index (χ3n) is 6.46. The van der Waals surface area contributed by atoms with E-state index in [-0.39, 0.29) is 30.4 Å². The van der Waals surface area contributed by atoms with Gasteiger partial charge in [0.1, 0.15) is 28.0 Å². The molecule has 0 saturated heterocycles. The van der Waals surface area contributed by atoms with Crippen LogP contribution in [-0.2, 0) is 34.4 Å². The molecule has 42 heavy (non-hydrogen) atoms. The van der Waals surface area contributed by atoms with Crippen LogP contribution < -0.4 is 14.2 Å². The number of carbonyl (C=O) groups is 2. The normalized spacial score (nSPS) is 12.2. The Kier molecular flexibility index (Phi) is 12.2. The molecule has 0 spiro atoms. The van der Waals surface area contributed by atoms with Gasteiger partial charge in [0, 0.05) is 30.1 Å². The number of rotatable bonds is 15. The van der Waals surface area contributed by atoms with E-state index in [1.54, 1.807) is 17.0 Å². The van der Waals surface area contributed by atoms with Crippen molar-refractivity contribution >= 4 is 44.5 Å². The molecule has 1 heterocycles. The van der Waals surface area contributed by atoms with E-state index >= 15 is 0 Å². The lowest BCUT2D eigenvalue weighted by atomic mass is 10.1. The summed E-state index contributed by atoms with van der Waals surface area (Å²) in [6.45, 7) is 2.35. The summed E-state index contributed by atoms with van der Waals surface area (Å²) in [5, 5.41) is 1.91. The van der Waals surface area contributed by atoms with Gasteiger partial charge < -0.3 is 18.9 Å². The minimum atomic E-state index is -4.15. The lowest BCUT2D eigenvalue weighted by Gasteiger charge is -2.23. The second-order valence-electron chi connectivity index (χ2n) is 9.48. The van der Waals surface area contributed by atoms with Crippen LogP contribution in [0.3, 0.4) is 0 Å². The van der Waals surface area contributed by atoms with Crippen molar-refractivity contribution in [3.05, 3.63) is 75.2 Å². The van der Waals surface area contributed by atoms with E-state index in [9.17, 15) is 22.6 Å². The molecule has 0 radical (unpaired) electrons. The third-order valence-corrected chi connectivity index (χ3v) is 9.50. The first-order chi connectivity index (χ1) is 19.9. The minimum Gasteiger partial charge on any atom is -0.617 e. The molecule has 228 valence electrons. The van der Waals surface area contributed by atoms with Gasteiger partial charge in [-0.25, -0.2) is 9.71 Å². The summed E-state index contributed by atoms with van der Waals surface area (Å²) in [4.78, 5) is 32.4. The predicted molar refractivity (Wildman–Crippen MR) is 164 cm³/mol. The van der Waals surface area contributed by atoms with Crippen LogP contribution in [0.2, 0.25) is 0 Å². The van der Waals surface area contributed by atoms with E-state index in [0.29, 0.717) is 35.0 Å². The average molecular weight is 637 g/mol. The van der Waals surface area contributed by atoms with Gasteiger partial charge in [-0.1, -0.05) is 41.5 Å². The maximum atomic E-state index is 13.8.